The van der Waals surface area contributed by atoms with Gasteiger partial charge in [0.2, 0.25) is 0 Å². The first-order valence-electron chi connectivity index (χ1n) is 11.4. The van der Waals surface area contributed by atoms with Crippen molar-refractivity contribution in [1.82, 2.24) is 0 Å². The molecule has 0 aliphatic carbocycles. The van der Waals surface area contributed by atoms with E-state index in [1.807, 2.05) is 0 Å². The van der Waals surface area contributed by atoms with E-state index in [-0.39, 0.29) is 0 Å². The first-order chi connectivity index (χ1) is 13.7. The number of hydrogen-bond donors (Lipinski definition) is 2. The summed E-state index contributed by atoms with van der Waals surface area (Å²) in [5, 5.41) is 16.3. The van der Waals surface area contributed by atoms with E-state index in [4.69, 9.17) is 10.5 Å². The fourth-order valence-corrected chi connectivity index (χ4v) is 3.46. The van der Waals surface area contributed by atoms with Crippen LogP contribution in [0.3, 0.4) is 0 Å². The molecule has 0 aliphatic heterocycles. The molecule has 0 rings (SSSR count). The van der Waals surface area contributed by atoms with Gasteiger partial charge < -0.3 is 9.78 Å². The third-order valence-corrected chi connectivity index (χ3v) is 5.22. The maximum absolute atomic E-state index is 10.7. The largest absolute Gasteiger partial charge is 0.342 e. The molecule has 0 radical (unpaired) electrons. The van der Waals surface area contributed by atoms with Crippen LogP contribution in [0.5, 0.6) is 0 Å². The van der Waals surface area contributed by atoms with Crippen LogP contribution in [0.25, 0.3) is 0 Å². The highest BCUT2D eigenvalue weighted by atomic mass is 17.1. The minimum absolute atomic E-state index is 0.319. The van der Waals surface area contributed by atoms with Gasteiger partial charge in [0.15, 0.2) is 0 Å². The fourth-order valence-electron chi connectivity index (χ4n) is 3.46. The molecule has 0 aromatic heterocycles. The summed E-state index contributed by atoms with van der Waals surface area (Å²) in [5.74, 6) is -1.06. The average molecular weight is 403 g/mol. The molecule has 0 atom stereocenters. The third-order valence-electron chi connectivity index (χ3n) is 5.22. The molecule has 0 aliphatic rings. The Morgan fingerprint density at radius 3 is 0.750 bits per heavy atom. The van der Waals surface area contributed by atoms with Gasteiger partial charge in [0.25, 0.3) is 0 Å². The predicted octanol–water partition coefficient (Wildman–Crippen LogP) is 6.82. The molecule has 28 heavy (non-hydrogen) atoms. The van der Waals surface area contributed by atoms with Gasteiger partial charge in [-0.25, -0.2) is 9.59 Å². The minimum Gasteiger partial charge on any atom is -0.301 e. The minimum atomic E-state index is -0.528. The van der Waals surface area contributed by atoms with Crippen LogP contribution in [0.15, 0.2) is 0 Å². The molecule has 0 amide bonds. The van der Waals surface area contributed by atoms with Crippen molar-refractivity contribution in [3.05, 3.63) is 0 Å². The summed E-state index contributed by atoms with van der Waals surface area (Å²) in [6.45, 7) is 0. The fraction of sp³-hybridized carbons (Fsp3) is 0.909. The summed E-state index contributed by atoms with van der Waals surface area (Å²) >= 11 is 0. The summed E-state index contributed by atoms with van der Waals surface area (Å²) in [4.78, 5) is 28.7. The van der Waals surface area contributed by atoms with Crippen molar-refractivity contribution < 1.29 is 29.9 Å². The highest BCUT2D eigenvalue weighted by molar-refractivity contribution is 5.68. The average Bonchev–Trinajstić information content (AvgIpc) is 2.71. The van der Waals surface area contributed by atoms with Crippen molar-refractivity contribution in [1.29, 1.82) is 0 Å². The van der Waals surface area contributed by atoms with Crippen LogP contribution < -0.4 is 0 Å². The Morgan fingerprint density at radius 1 is 0.393 bits per heavy atom. The number of unbranched alkanes of at least 4 members (excludes halogenated alkanes) is 17. The zero-order valence-corrected chi connectivity index (χ0v) is 17.7. The smallest absolute Gasteiger partial charge is 0.301 e. The lowest BCUT2D eigenvalue weighted by atomic mass is 10.0. The van der Waals surface area contributed by atoms with Gasteiger partial charge in [-0.2, -0.15) is 10.5 Å². The monoisotopic (exact) mass is 402 g/mol. The van der Waals surface area contributed by atoms with Gasteiger partial charge in [0.1, 0.15) is 0 Å². The van der Waals surface area contributed by atoms with Gasteiger partial charge in [0, 0.05) is 12.8 Å². The van der Waals surface area contributed by atoms with Crippen LogP contribution in [0.4, 0.5) is 0 Å². The van der Waals surface area contributed by atoms with Gasteiger partial charge in [-0.1, -0.05) is 103 Å². The van der Waals surface area contributed by atoms with Crippen molar-refractivity contribution in [2.24, 2.45) is 0 Å². The van der Waals surface area contributed by atoms with Crippen LogP contribution in [0.2, 0.25) is 0 Å². The molecule has 0 saturated carbocycles. The van der Waals surface area contributed by atoms with E-state index in [1.54, 1.807) is 0 Å². The molecule has 0 saturated heterocycles. The first kappa shape index (κ1) is 26.9. The molecule has 0 spiro atoms. The molecule has 2 N–H and O–H groups in total. The zero-order valence-electron chi connectivity index (χ0n) is 17.7. The lowest BCUT2D eigenvalue weighted by molar-refractivity contribution is -0.234. The highest BCUT2D eigenvalue weighted by Gasteiger charge is 2.01. The molecule has 166 valence electrons. The van der Waals surface area contributed by atoms with Gasteiger partial charge >= 0.3 is 11.9 Å². The van der Waals surface area contributed by atoms with Gasteiger partial charge in [-0.05, 0) is 12.8 Å². The Morgan fingerprint density at radius 2 is 0.571 bits per heavy atom. The van der Waals surface area contributed by atoms with Crippen LogP contribution in [0, 0.1) is 0 Å². The maximum atomic E-state index is 10.7. The Kier molecular flexibility index (Phi) is 21.3. The van der Waals surface area contributed by atoms with Crippen molar-refractivity contribution >= 4 is 11.9 Å². The number of carbonyl (C=O) groups excluding carboxylic acids is 2. The Hall–Kier alpha value is -1.14. The molecule has 0 aromatic carbocycles. The van der Waals surface area contributed by atoms with Crippen LogP contribution in [-0.2, 0) is 19.4 Å². The van der Waals surface area contributed by atoms with Crippen molar-refractivity contribution in [3.63, 3.8) is 0 Å². The third kappa shape index (κ3) is 21.2. The summed E-state index contributed by atoms with van der Waals surface area (Å²) in [5.41, 5.74) is 0. The maximum Gasteiger partial charge on any atom is 0.342 e. The van der Waals surface area contributed by atoms with E-state index in [0.29, 0.717) is 12.8 Å². The molecule has 6 nitrogen and oxygen atoms in total. The van der Waals surface area contributed by atoms with E-state index < -0.39 is 11.9 Å². The van der Waals surface area contributed by atoms with E-state index in [9.17, 15) is 9.59 Å². The normalized spacial score (nSPS) is 10.8. The molecule has 6 heteroatoms. The molecule has 0 aromatic rings. The van der Waals surface area contributed by atoms with Gasteiger partial charge in [-0.3, -0.25) is 0 Å². The number of rotatable bonds is 21. The lowest BCUT2D eigenvalue weighted by Gasteiger charge is -2.04. The molecule has 0 bridgehead atoms. The lowest BCUT2D eigenvalue weighted by Crippen LogP contribution is -1.99. The first-order valence-corrected chi connectivity index (χ1v) is 11.4. The van der Waals surface area contributed by atoms with Gasteiger partial charge in [0.05, 0.1) is 0 Å². The van der Waals surface area contributed by atoms with E-state index in [2.05, 4.69) is 9.78 Å². The Balaban J connectivity index is 3.05. The standard InChI is InChI=1S/C22H42O6/c23-21(27-25)19-17-15-13-11-9-7-5-3-1-2-4-6-8-10-12-14-16-18-20-22(24)28-26/h25-26H,1-20H2. The SMILES string of the molecule is O=C(CCCCCCCCCCCCCCCCCCCCC(=O)OO)OO. The molecular weight excluding hydrogens is 360 g/mol. The quantitative estimate of drug-likeness (QED) is 0.124. The summed E-state index contributed by atoms with van der Waals surface area (Å²) in [6.07, 6.45) is 22.4. The molecular formula is C22H42O6. The van der Waals surface area contributed by atoms with E-state index in [0.717, 1.165) is 38.5 Å². The second-order valence-electron chi connectivity index (χ2n) is 7.79. The van der Waals surface area contributed by atoms with Crippen molar-refractivity contribution in [3.8, 4) is 0 Å². The van der Waals surface area contributed by atoms with E-state index in [1.165, 1.54) is 77.0 Å². The van der Waals surface area contributed by atoms with Gasteiger partial charge in [-0.15, -0.1) is 0 Å². The Bertz CT molecular complexity index is 325. The van der Waals surface area contributed by atoms with Crippen LogP contribution in [-0.4, -0.2) is 22.5 Å². The molecule has 0 heterocycles. The summed E-state index contributed by atoms with van der Waals surface area (Å²) in [6, 6.07) is 0. The summed E-state index contributed by atoms with van der Waals surface area (Å²) in [7, 11) is 0. The number of hydrogen-bond acceptors (Lipinski definition) is 6. The molecule has 0 fully saturated rings. The Labute approximate surface area is 170 Å². The van der Waals surface area contributed by atoms with Crippen LogP contribution in [0.1, 0.15) is 128 Å². The topological polar surface area (TPSA) is 93.1 Å². The predicted molar refractivity (Wildman–Crippen MR) is 110 cm³/mol. The molecule has 0 unspecified atom stereocenters. The van der Waals surface area contributed by atoms with Crippen molar-refractivity contribution in [2.45, 2.75) is 128 Å². The second-order valence-corrected chi connectivity index (χ2v) is 7.79. The highest BCUT2D eigenvalue weighted by Crippen LogP contribution is 2.15. The summed E-state index contributed by atoms with van der Waals surface area (Å²) < 4.78 is 0. The number of carbonyl (C=O) groups is 2. The van der Waals surface area contributed by atoms with E-state index >= 15 is 0 Å². The van der Waals surface area contributed by atoms with Crippen LogP contribution >= 0.6 is 0 Å². The second kappa shape index (κ2) is 22.2. The zero-order chi connectivity index (χ0) is 20.7. The van der Waals surface area contributed by atoms with Crippen molar-refractivity contribution in [2.75, 3.05) is 0 Å².